The van der Waals surface area contributed by atoms with Crippen LogP contribution in [0.25, 0.3) is 10.1 Å². The topological polar surface area (TPSA) is 56.8 Å². The van der Waals surface area contributed by atoms with Gasteiger partial charge in [0.15, 0.2) is 5.75 Å². The number of halogens is 7. The minimum absolute atomic E-state index is 0.0166. The Kier molecular flexibility index (Phi) is 10.2. The van der Waals surface area contributed by atoms with Crippen molar-refractivity contribution in [2.45, 2.75) is 37.6 Å². The molecule has 2 N–H and O–H groups in total. The van der Waals surface area contributed by atoms with Gasteiger partial charge in [0.05, 0.1) is 40.0 Å². The third-order valence-electron chi connectivity index (χ3n) is 8.20. The van der Waals surface area contributed by atoms with E-state index < -0.39 is 44.1 Å². The number of likely N-dealkylation sites (tertiary alicyclic amines) is 1. The number of fused-ring (bicyclic) bond motifs is 1. The quantitative estimate of drug-likeness (QED) is 0.163. The zero-order valence-corrected chi connectivity index (χ0v) is 26.9. The van der Waals surface area contributed by atoms with E-state index in [-0.39, 0.29) is 29.2 Å². The lowest BCUT2D eigenvalue weighted by Gasteiger charge is -2.33. The molecule has 2 saturated heterocycles. The SMILES string of the molecule is CN1CCP(=O)(c2ccc(NCC#Cc3sc4c(NC5CCN(C)C[C@H]5F)cccc4c3CC(F)(F)F)c(OC(F)(F)F)c2)CC1. The fourth-order valence-electron chi connectivity index (χ4n) is 5.71. The Balaban J connectivity index is 1.40. The highest BCUT2D eigenvalue weighted by Gasteiger charge is 2.35. The van der Waals surface area contributed by atoms with Crippen molar-refractivity contribution in [1.29, 1.82) is 0 Å². The van der Waals surface area contributed by atoms with Gasteiger partial charge in [0.2, 0.25) is 0 Å². The Bertz CT molecular complexity index is 1650. The first kappa shape index (κ1) is 34.4. The van der Waals surface area contributed by atoms with E-state index in [4.69, 9.17) is 0 Å². The Morgan fingerprint density at radius 2 is 1.76 bits per heavy atom. The first-order chi connectivity index (χ1) is 21.6. The van der Waals surface area contributed by atoms with Crippen LogP contribution in [0.2, 0.25) is 0 Å². The number of nitrogens with zero attached hydrogens (tertiary/aromatic N) is 2. The second-order valence-electron chi connectivity index (χ2n) is 11.7. The number of rotatable bonds is 7. The molecule has 46 heavy (non-hydrogen) atoms. The standard InChI is InChI=1S/C31H34F7N4O2PS/c1-41-13-15-45(43,16-14-41)20-8-9-25(27(17-20)44-31(36,37)38)39-11-4-7-28-22(18-30(33,34)35)21-5-3-6-26(29(21)46-28)40-24-10-12-42(2)19-23(24)32/h3,5-6,8-9,17,23-24,39-40H,10-16,18-19H2,1-2H3/t23-,24?/m1/s1. The van der Waals surface area contributed by atoms with Gasteiger partial charge in [0.25, 0.3) is 0 Å². The molecule has 2 fully saturated rings. The van der Waals surface area contributed by atoms with E-state index in [1.807, 2.05) is 23.9 Å². The molecule has 0 saturated carbocycles. The summed E-state index contributed by atoms with van der Waals surface area (Å²) in [5.74, 6) is 4.94. The van der Waals surface area contributed by atoms with E-state index in [9.17, 15) is 35.3 Å². The van der Waals surface area contributed by atoms with Gasteiger partial charge in [-0.15, -0.1) is 24.5 Å². The van der Waals surface area contributed by atoms with E-state index in [0.717, 1.165) is 17.4 Å². The van der Waals surface area contributed by atoms with Gasteiger partial charge in [-0.1, -0.05) is 24.0 Å². The smallest absolute Gasteiger partial charge is 0.404 e. The van der Waals surface area contributed by atoms with Crippen LogP contribution in [-0.2, 0) is 11.0 Å². The van der Waals surface area contributed by atoms with E-state index in [1.54, 1.807) is 18.2 Å². The monoisotopic (exact) mass is 690 g/mol. The lowest BCUT2D eigenvalue weighted by Crippen LogP contribution is -2.46. The Morgan fingerprint density at radius 3 is 2.43 bits per heavy atom. The Labute approximate surface area is 266 Å². The Hall–Kier alpha value is -2.98. The van der Waals surface area contributed by atoms with Crippen LogP contribution < -0.4 is 20.7 Å². The summed E-state index contributed by atoms with van der Waals surface area (Å²) in [6, 6.07) is 8.40. The summed E-state index contributed by atoms with van der Waals surface area (Å²) in [6.07, 6.45) is -10.7. The molecule has 15 heteroatoms. The maximum absolute atomic E-state index is 14.7. The van der Waals surface area contributed by atoms with Crippen LogP contribution in [-0.4, -0.2) is 93.7 Å². The van der Waals surface area contributed by atoms with Gasteiger partial charge in [-0.05, 0) is 55.7 Å². The van der Waals surface area contributed by atoms with Crippen LogP contribution in [0.3, 0.4) is 0 Å². The van der Waals surface area contributed by atoms with Gasteiger partial charge in [-0.25, -0.2) is 4.39 Å². The van der Waals surface area contributed by atoms with Crippen molar-refractivity contribution >= 4 is 45.2 Å². The van der Waals surface area contributed by atoms with Crippen molar-refractivity contribution in [3.63, 3.8) is 0 Å². The summed E-state index contributed by atoms with van der Waals surface area (Å²) in [6.45, 7) is 1.83. The largest absolute Gasteiger partial charge is 0.573 e. The highest BCUT2D eigenvalue weighted by atomic mass is 32.1. The molecular formula is C31H34F7N4O2PS. The van der Waals surface area contributed by atoms with Crippen molar-refractivity contribution in [3.8, 4) is 17.6 Å². The van der Waals surface area contributed by atoms with Crippen molar-refractivity contribution in [3.05, 3.63) is 46.8 Å². The molecule has 2 aliphatic rings. The van der Waals surface area contributed by atoms with Crippen LogP contribution in [0, 0.1) is 11.8 Å². The Morgan fingerprint density at radius 1 is 1.02 bits per heavy atom. The number of benzene rings is 2. The molecule has 250 valence electrons. The number of ether oxygens (including phenoxy) is 1. The van der Waals surface area contributed by atoms with Gasteiger partial charge in [0.1, 0.15) is 13.3 Å². The van der Waals surface area contributed by atoms with Crippen molar-refractivity contribution in [2.75, 3.05) is 69.8 Å². The molecule has 0 aliphatic carbocycles. The minimum Gasteiger partial charge on any atom is -0.404 e. The summed E-state index contributed by atoms with van der Waals surface area (Å²) in [7, 11) is 0.796. The molecule has 5 rings (SSSR count). The molecular weight excluding hydrogens is 656 g/mol. The molecule has 1 aromatic heterocycles. The predicted octanol–water partition coefficient (Wildman–Crippen LogP) is 6.76. The third-order valence-corrected chi connectivity index (χ3v) is 12.5. The number of hydrogen-bond donors (Lipinski definition) is 2. The molecule has 6 nitrogen and oxygen atoms in total. The van der Waals surface area contributed by atoms with E-state index in [1.165, 1.54) is 12.1 Å². The van der Waals surface area contributed by atoms with Gasteiger partial charge in [-0.2, -0.15) is 13.2 Å². The van der Waals surface area contributed by atoms with E-state index in [2.05, 4.69) is 27.2 Å². The average molecular weight is 691 g/mol. The zero-order valence-electron chi connectivity index (χ0n) is 25.2. The van der Waals surface area contributed by atoms with E-state index in [0.29, 0.717) is 59.5 Å². The number of thiophene rings is 1. The van der Waals surface area contributed by atoms with Crippen LogP contribution in [0.4, 0.5) is 42.1 Å². The van der Waals surface area contributed by atoms with Gasteiger partial charge >= 0.3 is 12.5 Å². The molecule has 0 bridgehead atoms. The second kappa shape index (κ2) is 13.6. The van der Waals surface area contributed by atoms with Crippen molar-refractivity contribution in [2.24, 2.45) is 0 Å². The predicted molar refractivity (Wildman–Crippen MR) is 169 cm³/mol. The number of piperidine rings is 1. The summed E-state index contributed by atoms with van der Waals surface area (Å²) < 4.78 is 114. The molecule has 2 aromatic carbocycles. The third kappa shape index (κ3) is 8.48. The zero-order chi connectivity index (χ0) is 33.3. The van der Waals surface area contributed by atoms with E-state index >= 15 is 0 Å². The summed E-state index contributed by atoms with van der Waals surface area (Å²) in [5, 5.41) is 6.59. The first-order valence-electron chi connectivity index (χ1n) is 14.7. The van der Waals surface area contributed by atoms with Crippen molar-refractivity contribution in [1.82, 2.24) is 9.80 Å². The maximum atomic E-state index is 14.7. The molecule has 2 atom stereocenters. The molecule has 2 aliphatic heterocycles. The second-order valence-corrected chi connectivity index (χ2v) is 15.9. The van der Waals surface area contributed by atoms with Gasteiger partial charge in [0, 0.05) is 43.8 Å². The van der Waals surface area contributed by atoms with Crippen LogP contribution >= 0.6 is 18.5 Å². The summed E-state index contributed by atoms with van der Waals surface area (Å²) in [5.41, 5.74) is 0.456. The van der Waals surface area contributed by atoms with Crippen LogP contribution in [0.5, 0.6) is 5.75 Å². The molecule has 0 radical (unpaired) electrons. The van der Waals surface area contributed by atoms with Crippen molar-refractivity contribution < 1.29 is 40.0 Å². The molecule has 0 spiro atoms. The highest BCUT2D eigenvalue weighted by molar-refractivity contribution is 7.71. The van der Waals surface area contributed by atoms with Crippen LogP contribution in [0.15, 0.2) is 36.4 Å². The molecule has 1 unspecified atom stereocenters. The summed E-state index contributed by atoms with van der Waals surface area (Å²) in [4.78, 5) is 4.04. The van der Waals surface area contributed by atoms with Crippen LogP contribution in [0.1, 0.15) is 16.9 Å². The average Bonchev–Trinajstić information content (AvgIpc) is 3.30. The fraction of sp³-hybridized carbons (Fsp3) is 0.484. The maximum Gasteiger partial charge on any atom is 0.573 e. The van der Waals surface area contributed by atoms with Gasteiger partial charge in [-0.3, -0.25) is 0 Å². The number of alkyl halides is 7. The lowest BCUT2D eigenvalue weighted by atomic mass is 10.0. The fourth-order valence-corrected chi connectivity index (χ4v) is 9.65. The van der Waals surface area contributed by atoms with Gasteiger partial charge < -0.3 is 29.7 Å². The normalized spacial score (nSPS) is 21.1. The first-order valence-corrected chi connectivity index (χ1v) is 17.6. The number of nitrogens with one attached hydrogen (secondary N) is 2. The minimum atomic E-state index is -5.01. The number of hydrogen-bond acceptors (Lipinski definition) is 7. The molecule has 0 amide bonds. The highest BCUT2D eigenvalue weighted by Crippen LogP contribution is 2.47. The number of anilines is 2. The molecule has 3 aromatic rings. The lowest BCUT2D eigenvalue weighted by molar-refractivity contribution is -0.274. The summed E-state index contributed by atoms with van der Waals surface area (Å²) >= 11 is 1.05. The molecule has 3 heterocycles.